The Morgan fingerprint density at radius 1 is 1.14 bits per heavy atom. The fraction of sp³-hybridized carbons (Fsp3) is 0.667. The van der Waals surface area contributed by atoms with Crippen LogP contribution in [-0.4, -0.2) is 63.7 Å². The molecule has 1 spiro atoms. The molecule has 35 heavy (non-hydrogen) atoms. The van der Waals surface area contributed by atoms with Crippen molar-refractivity contribution in [3.05, 3.63) is 35.9 Å². The smallest absolute Gasteiger partial charge is 0.246 e. The number of amides is 3. The van der Waals surface area contributed by atoms with Crippen LogP contribution in [0.15, 0.2) is 30.3 Å². The predicted octanol–water partition coefficient (Wildman–Crippen LogP) is 1.90. The van der Waals surface area contributed by atoms with E-state index in [1.807, 2.05) is 37.3 Å². The van der Waals surface area contributed by atoms with Gasteiger partial charge in [-0.1, -0.05) is 49.6 Å². The molecule has 6 atom stereocenters. The summed E-state index contributed by atoms with van der Waals surface area (Å²) in [6, 6.07) is 8.34. The van der Waals surface area contributed by atoms with Crippen LogP contribution in [-0.2, 0) is 25.7 Å². The molecule has 2 unspecified atom stereocenters. The van der Waals surface area contributed by atoms with E-state index in [1.165, 1.54) is 11.3 Å². The van der Waals surface area contributed by atoms with E-state index in [-0.39, 0.29) is 30.4 Å². The van der Waals surface area contributed by atoms with Crippen molar-refractivity contribution in [1.29, 1.82) is 0 Å². The maximum atomic E-state index is 13.9. The summed E-state index contributed by atoms with van der Waals surface area (Å²) in [7, 11) is 0. The Morgan fingerprint density at radius 3 is 2.54 bits per heavy atom. The molecule has 4 aliphatic rings. The molecule has 1 aromatic carbocycles. The van der Waals surface area contributed by atoms with E-state index >= 15 is 0 Å². The van der Waals surface area contributed by atoms with E-state index in [1.54, 1.807) is 6.92 Å². The summed E-state index contributed by atoms with van der Waals surface area (Å²) in [6.45, 7) is 3.75. The Hall–Kier alpha value is -2.45. The van der Waals surface area contributed by atoms with Gasteiger partial charge in [-0.25, -0.2) is 0 Å². The van der Waals surface area contributed by atoms with Crippen LogP contribution in [0.3, 0.4) is 0 Å². The van der Waals surface area contributed by atoms with Crippen LogP contribution in [0.5, 0.6) is 0 Å². The summed E-state index contributed by atoms with van der Waals surface area (Å²) in [5, 5.41) is 16.2. The molecule has 2 bridgehead atoms. The molecule has 3 N–H and O–H groups in total. The number of aliphatic hydroxyl groups excluding tert-OH is 1. The van der Waals surface area contributed by atoms with Gasteiger partial charge < -0.3 is 25.4 Å². The van der Waals surface area contributed by atoms with E-state index in [4.69, 9.17) is 4.74 Å². The molecule has 1 saturated carbocycles. The Kier molecular flexibility index (Phi) is 6.38. The second kappa shape index (κ2) is 9.21. The molecule has 3 amide bonds. The second-order valence-electron chi connectivity index (χ2n) is 11.1. The van der Waals surface area contributed by atoms with E-state index in [0.717, 1.165) is 31.2 Å². The van der Waals surface area contributed by atoms with Crippen molar-refractivity contribution in [3.8, 4) is 0 Å². The first-order chi connectivity index (χ1) is 16.8. The van der Waals surface area contributed by atoms with Gasteiger partial charge in [0.1, 0.15) is 11.6 Å². The van der Waals surface area contributed by atoms with E-state index in [9.17, 15) is 19.5 Å². The van der Waals surface area contributed by atoms with Gasteiger partial charge in [0.25, 0.3) is 0 Å². The highest BCUT2D eigenvalue weighted by Crippen LogP contribution is 2.63. The number of hydrogen-bond donors (Lipinski definition) is 3. The highest BCUT2D eigenvalue weighted by atomic mass is 16.5. The van der Waals surface area contributed by atoms with Gasteiger partial charge in [-0.15, -0.1) is 0 Å². The number of nitrogens with one attached hydrogen (secondary N) is 2. The molecule has 3 heterocycles. The first kappa shape index (κ1) is 24.3. The molecule has 4 fully saturated rings. The summed E-state index contributed by atoms with van der Waals surface area (Å²) < 4.78 is 6.61. The third kappa shape index (κ3) is 3.95. The molecular weight excluding hydrogens is 446 g/mol. The van der Waals surface area contributed by atoms with Crippen molar-refractivity contribution < 1.29 is 24.2 Å². The Balaban J connectivity index is 1.43. The maximum absolute atomic E-state index is 13.9. The summed E-state index contributed by atoms with van der Waals surface area (Å²) in [5.74, 6) is -2.14. The number of carbonyl (C=O) groups is 3. The molecule has 5 rings (SSSR count). The molecule has 3 aliphatic heterocycles. The van der Waals surface area contributed by atoms with Crippen molar-refractivity contribution in [1.82, 2.24) is 15.5 Å². The first-order valence-electron chi connectivity index (χ1n) is 13.1. The largest absolute Gasteiger partial charge is 0.394 e. The van der Waals surface area contributed by atoms with Gasteiger partial charge in [-0.05, 0) is 45.1 Å². The van der Waals surface area contributed by atoms with Gasteiger partial charge >= 0.3 is 0 Å². The normalized spacial score (nSPS) is 35.1. The average Bonchev–Trinajstić information content (AvgIpc) is 3.44. The number of fused-ring (bicyclic) bond motifs is 1. The highest BCUT2D eigenvalue weighted by Gasteiger charge is 2.78. The minimum atomic E-state index is -1.05. The molecule has 1 aliphatic carbocycles. The van der Waals surface area contributed by atoms with Gasteiger partial charge in [-0.2, -0.15) is 0 Å². The van der Waals surface area contributed by atoms with Crippen molar-refractivity contribution in [3.63, 3.8) is 0 Å². The SMILES string of the molecule is C[C@H](CO)N1C(=O)[C@@H]2[C@@H](C(=O)NCc3ccccc3)[C@@]3(C)CCC2(O3)C1C(=O)NC1CCCCC1. The Bertz CT molecular complexity index is 980. The van der Waals surface area contributed by atoms with E-state index in [0.29, 0.717) is 19.4 Å². The van der Waals surface area contributed by atoms with Gasteiger partial charge in [-0.3, -0.25) is 14.4 Å². The second-order valence-corrected chi connectivity index (χ2v) is 11.1. The highest BCUT2D eigenvalue weighted by molar-refractivity contribution is 5.99. The number of rotatable bonds is 7. The number of ether oxygens (including phenoxy) is 1. The number of aliphatic hydroxyl groups is 1. The quantitative estimate of drug-likeness (QED) is 0.549. The first-order valence-corrected chi connectivity index (χ1v) is 13.1. The van der Waals surface area contributed by atoms with Crippen LogP contribution in [0.1, 0.15) is 64.4 Å². The summed E-state index contributed by atoms with van der Waals surface area (Å²) in [6.07, 6.45) is 6.35. The van der Waals surface area contributed by atoms with Crippen LogP contribution in [0.25, 0.3) is 0 Å². The van der Waals surface area contributed by atoms with Crippen LogP contribution >= 0.6 is 0 Å². The van der Waals surface area contributed by atoms with Crippen molar-refractivity contribution in [2.75, 3.05) is 6.61 Å². The molecular formula is C27H37N3O5. The monoisotopic (exact) mass is 483 g/mol. The zero-order chi connectivity index (χ0) is 24.8. The van der Waals surface area contributed by atoms with E-state index in [2.05, 4.69) is 10.6 Å². The lowest BCUT2D eigenvalue weighted by atomic mass is 9.66. The molecule has 0 radical (unpaired) electrons. The lowest BCUT2D eigenvalue weighted by Crippen LogP contribution is -2.59. The van der Waals surface area contributed by atoms with E-state index < -0.39 is 35.1 Å². The van der Waals surface area contributed by atoms with Gasteiger partial charge in [0.05, 0.1) is 30.1 Å². The van der Waals surface area contributed by atoms with Crippen molar-refractivity contribution >= 4 is 17.7 Å². The number of nitrogens with zero attached hydrogens (tertiary/aromatic N) is 1. The fourth-order valence-corrected chi connectivity index (χ4v) is 7.05. The molecule has 190 valence electrons. The third-order valence-corrected chi connectivity index (χ3v) is 8.75. The Morgan fingerprint density at radius 2 is 1.86 bits per heavy atom. The fourth-order valence-electron chi connectivity index (χ4n) is 7.05. The molecule has 8 heteroatoms. The maximum Gasteiger partial charge on any atom is 0.246 e. The van der Waals surface area contributed by atoms with Gasteiger partial charge in [0.15, 0.2) is 0 Å². The zero-order valence-corrected chi connectivity index (χ0v) is 20.7. The van der Waals surface area contributed by atoms with Gasteiger partial charge in [0.2, 0.25) is 17.7 Å². The van der Waals surface area contributed by atoms with Crippen LogP contribution in [0, 0.1) is 11.8 Å². The lowest BCUT2D eigenvalue weighted by Gasteiger charge is -2.37. The topological polar surface area (TPSA) is 108 Å². The molecule has 3 saturated heterocycles. The molecule has 1 aromatic rings. The minimum Gasteiger partial charge on any atom is -0.394 e. The summed E-state index contributed by atoms with van der Waals surface area (Å²) >= 11 is 0. The van der Waals surface area contributed by atoms with Crippen molar-refractivity contribution in [2.24, 2.45) is 11.8 Å². The average molecular weight is 484 g/mol. The molecule has 0 aromatic heterocycles. The van der Waals surface area contributed by atoms with Gasteiger partial charge in [0, 0.05) is 12.6 Å². The number of likely N-dealkylation sites (tertiary alicyclic amines) is 1. The minimum absolute atomic E-state index is 0.0900. The Labute approximate surface area is 206 Å². The zero-order valence-electron chi connectivity index (χ0n) is 20.7. The number of benzene rings is 1. The predicted molar refractivity (Wildman–Crippen MR) is 129 cm³/mol. The van der Waals surface area contributed by atoms with Crippen LogP contribution in [0.2, 0.25) is 0 Å². The van der Waals surface area contributed by atoms with Crippen LogP contribution < -0.4 is 10.6 Å². The van der Waals surface area contributed by atoms with Crippen molar-refractivity contribution in [2.45, 2.75) is 94.7 Å². The van der Waals surface area contributed by atoms with Crippen LogP contribution in [0.4, 0.5) is 0 Å². The lowest BCUT2D eigenvalue weighted by molar-refractivity contribution is -0.149. The number of carbonyl (C=O) groups excluding carboxylic acids is 3. The summed E-state index contributed by atoms with van der Waals surface area (Å²) in [5.41, 5.74) is -0.885. The third-order valence-electron chi connectivity index (χ3n) is 8.75. The summed E-state index contributed by atoms with van der Waals surface area (Å²) in [4.78, 5) is 42.7. The standard InChI is InChI=1S/C27H37N3O5/c1-17(16-31)30-22(24(33)29-19-11-7-4-8-12-19)27-14-13-26(2,35-27)20(21(27)25(30)34)23(32)28-15-18-9-5-3-6-10-18/h3,5-6,9-10,17,19-22,31H,4,7-8,11-16H2,1-2H3,(H,28,32)(H,29,33)/t17-,20+,21+,22?,26-,27?/m1/s1. The molecule has 8 nitrogen and oxygen atoms in total. The number of hydrogen-bond acceptors (Lipinski definition) is 5.